The van der Waals surface area contributed by atoms with Gasteiger partial charge in [-0.25, -0.2) is 9.97 Å². The second-order valence-corrected chi connectivity index (χ2v) is 5.46. The van der Waals surface area contributed by atoms with E-state index in [4.69, 9.17) is 0 Å². The predicted octanol–water partition coefficient (Wildman–Crippen LogP) is 3.37. The molecule has 0 aliphatic heterocycles. The van der Waals surface area contributed by atoms with Crippen molar-refractivity contribution >= 4 is 28.3 Å². The average molecular weight is 272 g/mol. The van der Waals surface area contributed by atoms with E-state index in [0.29, 0.717) is 0 Å². The van der Waals surface area contributed by atoms with Gasteiger partial charge in [-0.3, -0.25) is 0 Å². The van der Waals surface area contributed by atoms with Gasteiger partial charge in [-0.15, -0.1) is 11.3 Å². The van der Waals surface area contributed by atoms with Gasteiger partial charge in [0.1, 0.15) is 0 Å². The van der Waals surface area contributed by atoms with Gasteiger partial charge in [0.15, 0.2) is 0 Å². The first-order valence-corrected chi connectivity index (χ1v) is 7.29. The number of anilines is 1. The standard InChI is InChI=1S/C14H16N4S/c1-10-9-19-13(16-10)7-4-8-15-14-17-11-5-2-3-6-12(11)18-14/h2-3,5-6,9H,4,7-8H2,1H3,(H2,15,17,18). The average Bonchev–Trinajstić information content (AvgIpc) is 3.00. The zero-order valence-electron chi connectivity index (χ0n) is 10.8. The number of thiazole rings is 1. The first-order valence-electron chi connectivity index (χ1n) is 6.41. The molecule has 3 rings (SSSR count). The third-order valence-electron chi connectivity index (χ3n) is 2.92. The lowest BCUT2D eigenvalue weighted by atomic mass is 10.3. The van der Waals surface area contributed by atoms with Crippen molar-refractivity contribution in [1.29, 1.82) is 0 Å². The molecule has 3 aromatic rings. The maximum atomic E-state index is 4.48. The van der Waals surface area contributed by atoms with E-state index in [1.54, 1.807) is 11.3 Å². The summed E-state index contributed by atoms with van der Waals surface area (Å²) >= 11 is 1.74. The van der Waals surface area contributed by atoms with Gasteiger partial charge >= 0.3 is 0 Å². The Morgan fingerprint density at radius 2 is 2.16 bits per heavy atom. The zero-order valence-corrected chi connectivity index (χ0v) is 11.6. The summed E-state index contributed by atoms with van der Waals surface area (Å²) in [5, 5.41) is 6.63. The molecule has 0 aliphatic carbocycles. The molecule has 0 atom stereocenters. The van der Waals surface area contributed by atoms with Gasteiger partial charge in [-0.05, 0) is 25.5 Å². The minimum absolute atomic E-state index is 0.844. The Hall–Kier alpha value is -1.88. The number of H-pyrrole nitrogens is 1. The number of imidazole rings is 1. The van der Waals surface area contributed by atoms with E-state index in [-0.39, 0.29) is 0 Å². The van der Waals surface area contributed by atoms with Gasteiger partial charge in [0, 0.05) is 24.0 Å². The van der Waals surface area contributed by atoms with Crippen molar-refractivity contribution in [3.63, 3.8) is 0 Å². The summed E-state index contributed by atoms with van der Waals surface area (Å²) in [6, 6.07) is 8.05. The van der Waals surface area contributed by atoms with Crippen molar-refractivity contribution in [2.75, 3.05) is 11.9 Å². The lowest BCUT2D eigenvalue weighted by Gasteiger charge is -2.00. The molecular weight excluding hydrogens is 256 g/mol. The fraction of sp³-hybridized carbons (Fsp3) is 0.286. The van der Waals surface area contributed by atoms with Crippen LogP contribution in [-0.2, 0) is 6.42 Å². The summed E-state index contributed by atoms with van der Waals surface area (Å²) in [4.78, 5) is 12.2. The Balaban J connectivity index is 1.52. The molecule has 0 radical (unpaired) electrons. The molecule has 0 unspecified atom stereocenters. The van der Waals surface area contributed by atoms with Gasteiger partial charge in [-0.1, -0.05) is 12.1 Å². The third kappa shape index (κ3) is 2.93. The number of aryl methyl sites for hydroxylation is 2. The molecule has 2 N–H and O–H groups in total. The number of benzene rings is 1. The summed E-state index contributed by atoms with van der Waals surface area (Å²) in [6.07, 6.45) is 2.08. The smallest absolute Gasteiger partial charge is 0.201 e. The van der Waals surface area contributed by atoms with Crippen LogP contribution >= 0.6 is 11.3 Å². The topological polar surface area (TPSA) is 53.6 Å². The van der Waals surface area contributed by atoms with Crippen LogP contribution in [0.5, 0.6) is 0 Å². The van der Waals surface area contributed by atoms with Crippen molar-refractivity contribution in [2.24, 2.45) is 0 Å². The second kappa shape index (κ2) is 5.40. The summed E-state index contributed by atoms with van der Waals surface area (Å²) in [7, 11) is 0. The van der Waals surface area contributed by atoms with Crippen LogP contribution in [0.1, 0.15) is 17.1 Å². The molecule has 98 valence electrons. The minimum Gasteiger partial charge on any atom is -0.356 e. The highest BCUT2D eigenvalue weighted by Gasteiger charge is 2.01. The van der Waals surface area contributed by atoms with E-state index in [2.05, 4.69) is 25.6 Å². The molecule has 0 bridgehead atoms. The van der Waals surface area contributed by atoms with Crippen LogP contribution in [-0.4, -0.2) is 21.5 Å². The second-order valence-electron chi connectivity index (χ2n) is 4.52. The van der Waals surface area contributed by atoms with Gasteiger partial charge in [0.2, 0.25) is 5.95 Å². The SMILES string of the molecule is Cc1csc(CCCNc2nc3ccccc3[nH]2)n1. The van der Waals surface area contributed by atoms with E-state index in [0.717, 1.165) is 42.1 Å². The van der Waals surface area contributed by atoms with Crippen LogP contribution in [0.2, 0.25) is 0 Å². The third-order valence-corrected chi connectivity index (χ3v) is 3.94. The highest BCUT2D eigenvalue weighted by atomic mass is 32.1. The van der Waals surface area contributed by atoms with Crippen molar-refractivity contribution in [1.82, 2.24) is 15.0 Å². The highest BCUT2D eigenvalue weighted by molar-refractivity contribution is 7.09. The van der Waals surface area contributed by atoms with E-state index >= 15 is 0 Å². The first-order chi connectivity index (χ1) is 9.31. The summed E-state index contributed by atoms with van der Waals surface area (Å²) in [6.45, 7) is 2.94. The molecule has 19 heavy (non-hydrogen) atoms. The summed E-state index contributed by atoms with van der Waals surface area (Å²) in [5.41, 5.74) is 3.19. The Morgan fingerprint density at radius 3 is 2.95 bits per heavy atom. The molecule has 0 saturated carbocycles. The molecule has 2 aromatic heterocycles. The molecule has 0 fully saturated rings. The van der Waals surface area contributed by atoms with Gasteiger partial charge in [0.05, 0.1) is 16.0 Å². The predicted molar refractivity (Wildman–Crippen MR) is 79.8 cm³/mol. The Bertz CT molecular complexity index is 638. The molecule has 0 aliphatic rings. The lowest BCUT2D eigenvalue weighted by molar-refractivity contribution is 0.846. The number of para-hydroxylation sites is 2. The van der Waals surface area contributed by atoms with Gasteiger partial charge in [0.25, 0.3) is 0 Å². The number of nitrogens with zero attached hydrogens (tertiary/aromatic N) is 2. The number of rotatable bonds is 5. The minimum atomic E-state index is 0.844. The van der Waals surface area contributed by atoms with Crippen LogP contribution in [0.4, 0.5) is 5.95 Å². The van der Waals surface area contributed by atoms with E-state index in [1.165, 1.54) is 5.01 Å². The van der Waals surface area contributed by atoms with Crippen molar-refractivity contribution < 1.29 is 0 Å². The van der Waals surface area contributed by atoms with Crippen molar-refractivity contribution in [3.05, 3.63) is 40.3 Å². The number of aromatic nitrogens is 3. The van der Waals surface area contributed by atoms with Gasteiger partial charge in [-0.2, -0.15) is 0 Å². The molecule has 0 amide bonds. The fourth-order valence-corrected chi connectivity index (χ4v) is 2.82. The maximum Gasteiger partial charge on any atom is 0.201 e. The van der Waals surface area contributed by atoms with Crippen molar-refractivity contribution in [3.8, 4) is 0 Å². The first kappa shape index (κ1) is 12.2. The molecular formula is C14H16N4S. The normalized spacial score (nSPS) is 11.0. The van der Waals surface area contributed by atoms with Crippen LogP contribution < -0.4 is 5.32 Å². The van der Waals surface area contributed by atoms with Crippen LogP contribution in [0, 0.1) is 6.92 Å². The molecule has 5 heteroatoms. The lowest BCUT2D eigenvalue weighted by Crippen LogP contribution is -2.04. The monoisotopic (exact) mass is 272 g/mol. The molecule has 1 aromatic carbocycles. The quantitative estimate of drug-likeness (QED) is 0.700. The summed E-state index contributed by atoms with van der Waals surface area (Å²) < 4.78 is 0. The van der Waals surface area contributed by atoms with Crippen LogP contribution in [0.3, 0.4) is 0 Å². The van der Waals surface area contributed by atoms with E-state index < -0.39 is 0 Å². The number of aromatic amines is 1. The Kier molecular flexibility index (Phi) is 3.46. The number of nitrogens with one attached hydrogen (secondary N) is 2. The van der Waals surface area contributed by atoms with Crippen molar-refractivity contribution in [2.45, 2.75) is 19.8 Å². The van der Waals surface area contributed by atoms with Gasteiger partial charge < -0.3 is 10.3 Å². The molecule has 4 nitrogen and oxygen atoms in total. The zero-order chi connectivity index (χ0) is 13.1. The van der Waals surface area contributed by atoms with E-state index in [1.807, 2.05) is 31.2 Å². The highest BCUT2D eigenvalue weighted by Crippen LogP contribution is 2.14. The summed E-state index contributed by atoms with van der Waals surface area (Å²) in [5.74, 6) is 0.844. The maximum absolute atomic E-state index is 4.48. The number of hydrogen-bond acceptors (Lipinski definition) is 4. The fourth-order valence-electron chi connectivity index (χ4n) is 2.00. The Morgan fingerprint density at radius 1 is 1.26 bits per heavy atom. The largest absolute Gasteiger partial charge is 0.356 e. The van der Waals surface area contributed by atoms with E-state index in [9.17, 15) is 0 Å². The molecule has 2 heterocycles. The van der Waals surface area contributed by atoms with Crippen LogP contribution in [0.15, 0.2) is 29.6 Å². The molecule has 0 saturated heterocycles. The number of fused-ring (bicyclic) bond motifs is 1. The molecule has 0 spiro atoms. The number of hydrogen-bond donors (Lipinski definition) is 2. The Labute approximate surface area is 115 Å². The van der Waals surface area contributed by atoms with Crippen LogP contribution in [0.25, 0.3) is 11.0 Å².